The number of amides is 3. The minimum absolute atomic E-state index is 0.00538. The lowest BCUT2D eigenvalue weighted by Crippen LogP contribution is -2.34. The number of nitrogens with zero attached hydrogens (tertiary/aromatic N) is 2. The SMILES string of the molecule is CCc1ccc(NC(=O)N2CC[C@]3(C[C@H]3C(=O)NCc3cccnc3)C2)cc1. The van der Waals surface area contributed by atoms with E-state index in [1.54, 1.807) is 12.4 Å². The Morgan fingerprint density at radius 1 is 1.21 bits per heavy atom. The average Bonchev–Trinajstić information content (AvgIpc) is 3.26. The van der Waals surface area contributed by atoms with Gasteiger partial charge in [-0.2, -0.15) is 0 Å². The lowest BCUT2D eigenvalue weighted by molar-refractivity contribution is -0.123. The van der Waals surface area contributed by atoms with Gasteiger partial charge in [0.25, 0.3) is 0 Å². The molecule has 1 saturated heterocycles. The van der Waals surface area contributed by atoms with Crippen molar-refractivity contribution in [2.45, 2.75) is 32.7 Å². The number of aromatic nitrogens is 1. The Bertz CT molecular complexity index is 853. The van der Waals surface area contributed by atoms with E-state index in [1.165, 1.54) is 5.56 Å². The number of rotatable bonds is 5. The van der Waals surface area contributed by atoms with Crippen molar-refractivity contribution in [1.82, 2.24) is 15.2 Å². The molecule has 2 atom stereocenters. The number of benzene rings is 1. The number of hydrogen-bond donors (Lipinski definition) is 2. The van der Waals surface area contributed by atoms with E-state index in [0.717, 1.165) is 30.5 Å². The normalized spacial score (nSPS) is 22.9. The van der Waals surface area contributed by atoms with Crippen LogP contribution >= 0.6 is 0 Å². The van der Waals surface area contributed by atoms with Crippen LogP contribution in [-0.4, -0.2) is 34.9 Å². The monoisotopic (exact) mass is 378 g/mol. The second kappa shape index (κ2) is 7.62. The second-order valence-electron chi connectivity index (χ2n) is 7.85. The van der Waals surface area contributed by atoms with Crippen molar-refractivity contribution >= 4 is 17.6 Å². The molecule has 2 aromatic rings. The summed E-state index contributed by atoms with van der Waals surface area (Å²) >= 11 is 0. The van der Waals surface area contributed by atoms with E-state index in [4.69, 9.17) is 0 Å². The predicted octanol–water partition coefficient (Wildman–Crippen LogP) is 3.20. The third-order valence-corrected chi connectivity index (χ3v) is 5.98. The van der Waals surface area contributed by atoms with Crippen molar-refractivity contribution in [2.75, 3.05) is 18.4 Å². The van der Waals surface area contributed by atoms with Crippen molar-refractivity contribution in [1.29, 1.82) is 0 Å². The summed E-state index contributed by atoms with van der Waals surface area (Å²) in [5, 5.41) is 5.98. The van der Waals surface area contributed by atoms with Crippen LogP contribution < -0.4 is 10.6 Å². The Kier molecular flexibility index (Phi) is 5.03. The molecule has 1 aromatic heterocycles. The number of likely N-dealkylation sites (tertiary alicyclic amines) is 1. The van der Waals surface area contributed by atoms with Crippen molar-refractivity contribution in [3.8, 4) is 0 Å². The summed E-state index contributed by atoms with van der Waals surface area (Å²) in [6.07, 6.45) is 6.21. The van der Waals surface area contributed by atoms with E-state index in [9.17, 15) is 9.59 Å². The molecule has 1 saturated carbocycles. The van der Waals surface area contributed by atoms with E-state index < -0.39 is 0 Å². The average molecular weight is 378 g/mol. The van der Waals surface area contributed by atoms with Crippen LogP contribution in [0.3, 0.4) is 0 Å². The Hall–Kier alpha value is -2.89. The summed E-state index contributed by atoms with van der Waals surface area (Å²) < 4.78 is 0. The Morgan fingerprint density at radius 2 is 2.04 bits per heavy atom. The number of aryl methyl sites for hydroxylation is 1. The van der Waals surface area contributed by atoms with Gasteiger partial charge in [-0.1, -0.05) is 25.1 Å². The van der Waals surface area contributed by atoms with Crippen LogP contribution in [0.15, 0.2) is 48.8 Å². The zero-order valence-electron chi connectivity index (χ0n) is 16.1. The molecule has 146 valence electrons. The minimum Gasteiger partial charge on any atom is -0.352 e. The van der Waals surface area contributed by atoms with Gasteiger partial charge in [0.2, 0.25) is 5.91 Å². The van der Waals surface area contributed by atoms with Crippen molar-refractivity contribution in [3.05, 3.63) is 59.9 Å². The number of carbonyl (C=O) groups is 2. The van der Waals surface area contributed by atoms with Crippen LogP contribution in [0.1, 0.15) is 30.9 Å². The first-order valence-corrected chi connectivity index (χ1v) is 9.91. The maximum atomic E-state index is 12.6. The molecule has 0 bridgehead atoms. The lowest BCUT2D eigenvalue weighted by Gasteiger charge is -2.18. The molecule has 1 aliphatic carbocycles. The Labute approximate surface area is 165 Å². The maximum absolute atomic E-state index is 12.6. The van der Waals surface area contributed by atoms with Crippen molar-refractivity contribution in [2.24, 2.45) is 11.3 Å². The maximum Gasteiger partial charge on any atom is 0.321 e. The number of anilines is 1. The Balaban J connectivity index is 1.27. The zero-order valence-corrected chi connectivity index (χ0v) is 16.1. The molecule has 1 spiro atoms. The van der Waals surface area contributed by atoms with Gasteiger partial charge in [-0.15, -0.1) is 0 Å². The summed E-state index contributed by atoms with van der Waals surface area (Å²) in [5.41, 5.74) is 3.01. The highest BCUT2D eigenvalue weighted by molar-refractivity contribution is 5.90. The molecular weight excluding hydrogens is 352 g/mol. The summed E-state index contributed by atoms with van der Waals surface area (Å²) in [5.74, 6) is 0.0899. The molecule has 2 aliphatic rings. The molecule has 0 unspecified atom stereocenters. The van der Waals surface area contributed by atoms with Crippen LogP contribution in [-0.2, 0) is 17.8 Å². The van der Waals surface area contributed by atoms with E-state index in [1.807, 2.05) is 41.3 Å². The van der Waals surface area contributed by atoms with Crippen LogP contribution in [0, 0.1) is 11.3 Å². The number of pyridine rings is 1. The molecule has 0 radical (unpaired) electrons. The largest absolute Gasteiger partial charge is 0.352 e. The van der Waals surface area contributed by atoms with Gasteiger partial charge in [-0.3, -0.25) is 9.78 Å². The summed E-state index contributed by atoms with van der Waals surface area (Å²) in [6.45, 7) is 3.95. The fraction of sp³-hybridized carbons (Fsp3) is 0.409. The minimum atomic E-state index is -0.0810. The lowest BCUT2D eigenvalue weighted by atomic mass is 10.0. The first kappa shape index (κ1) is 18.5. The topological polar surface area (TPSA) is 74.3 Å². The van der Waals surface area contributed by atoms with Crippen LogP contribution in [0.4, 0.5) is 10.5 Å². The fourth-order valence-electron chi connectivity index (χ4n) is 4.08. The molecule has 1 aromatic carbocycles. The molecule has 6 nitrogen and oxygen atoms in total. The third-order valence-electron chi connectivity index (χ3n) is 5.98. The van der Waals surface area contributed by atoms with Gasteiger partial charge >= 0.3 is 6.03 Å². The van der Waals surface area contributed by atoms with Gasteiger partial charge in [0.1, 0.15) is 0 Å². The smallest absolute Gasteiger partial charge is 0.321 e. The van der Waals surface area contributed by atoms with Gasteiger partial charge in [0.15, 0.2) is 0 Å². The number of nitrogens with one attached hydrogen (secondary N) is 2. The number of carbonyl (C=O) groups excluding carboxylic acids is 2. The van der Waals surface area contributed by atoms with Crippen molar-refractivity contribution < 1.29 is 9.59 Å². The van der Waals surface area contributed by atoms with Gasteiger partial charge in [-0.05, 0) is 48.6 Å². The molecule has 6 heteroatoms. The highest BCUT2D eigenvalue weighted by Crippen LogP contribution is 2.58. The molecule has 2 N–H and O–H groups in total. The van der Waals surface area contributed by atoms with Crippen molar-refractivity contribution in [3.63, 3.8) is 0 Å². The van der Waals surface area contributed by atoms with Crippen LogP contribution in [0.25, 0.3) is 0 Å². The molecule has 2 fully saturated rings. The van der Waals surface area contributed by atoms with Gasteiger partial charge in [-0.25, -0.2) is 4.79 Å². The van der Waals surface area contributed by atoms with E-state index in [2.05, 4.69) is 22.5 Å². The van der Waals surface area contributed by atoms with Crippen LogP contribution in [0.5, 0.6) is 0 Å². The highest BCUT2D eigenvalue weighted by Gasteiger charge is 2.61. The quantitative estimate of drug-likeness (QED) is 0.839. The van der Waals surface area contributed by atoms with Gasteiger partial charge < -0.3 is 15.5 Å². The Morgan fingerprint density at radius 3 is 2.75 bits per heavy atom. The first-order valence-electron chi connectivity index (χ1n) is 9.91. The van der Waals surface area contributed by atoms with E-state index >= 15 is 0 Å². The molecular formula is C22H26N4O2. The third kappa shape index (κ3) is 3.86. The standard InChI is InChI=1S/C22H26N4O2/c1-2-16-5-7-18(8-6-16)25-21(28)26-11-9-22(15-26)12-19(22)20(27)24-14-17-4-3-10-23-13-17/h3-8,10,13,19H,2,9,11-12,14-15H2,1H3,(H,24,27)(H,25,28)/t19-,22-/m0/s1. The van der Waals surface area contributed by atoms with Gasteiger partial charge in [0.05, 0.1) is 0 Å². The molecule has 4 rings (SSSR count). The first-order chi connectivity index (χ1) is 13.6. The number of hydrogen-bond acceptors (Lipinski definition) is 3. The summed E-state index contributed by atoms with van der Waals surface area (Å²) in [4.78, 5) is 31.0. The van der Waals surface area contributed by atoms with E-state index in [0.29, 0.717) is 19.6 Å². The van der Waals surface area contributed by atoms with Crippen LogP contribution in [0.2, 0.25) is 0 Å². The zero-order chi connectivity index (χ0) is 19.6. The van der Waals surface area contributed by atoms with E-state index in [-0.39, 0.29) is 23.3 Å². The molecule has 28 heavy (non-hydrogen) atoms. The predicted molar refractivity (Wildman–Crippen MR) is 108 cm³/mol. The second-order valence-corrected chi connectivity index (χ2v) is 7.85. The summed E-state index contributed by atoms with van der Waals surface area (Å²) in [7, 11) is 0. The molecule has 1 aliphatic heterocycles. The fourth-order valence-corrected chi connectivity index (χ4v) is 4.08. The number of urea groups is 1. The summed E-state index contributed by atoms with van der Waals surface area (Å²) in [6, 6.07) is 11.7. The highest BCUT2D eigenvalue weighted by atomic mass is 16.2. The molecule has 3 amide bonds. The van der Waals surface area contributed by atoms with Gasteiger partial charge in [0, 0.05) is 49.0 Å². The molecule has 2 heterocycles.